The van der Waals surface area contributed by atoms with E-state index in [9.17, 15) is 66.1 Å². The molecular weight excluding hydrogens is 700 g/mol. The highest BCUT2D eigenvalue weighted by Gasteiger charge is 2.54. The van der Waals surface area contributed by atoms with E-state index in [0.717, 1.165) is 6.92 Å². The lowest BCUT2D eigenvalue weighted by molar-refractivity contribution is -0.394. The fourth-order valence-corrected chi connectivity index (χ4v) is 6.11. The Labute approximate surface area is 290 Å². The first-order chi connectivity index (χ1) is 24.2. The van der Waals surface area contributed by atoms with Crippen molar-refractivity contribution >= 4 is 5.91 Å². The molecule has 0 aromatic carbocycles. The summed E-state index contributed by atoms with van der Waals surface area (Å²) in [6, 6.07) is -1.38. The number of rotatable bonds is 14. The number of carbonyl (C=O) groups is 1. The maximum absolute atomic E-state index is 11.8. The van der Waals surface area contributed by atoms with Gasteiger partial charge in [0.1, 0.15) is 97.6 Å². The molecule has 15 N–H and O–H groups in total. The smallest absolute Gasteiger partial charge is 0.217 e. The van der Waals surface area contributed by atoms with Crippen LogP contribution < -0.4 is 11.1 Å². The van der Waals surface area contributed by atoms with Gasteiger partial charge in [0.25, 0.3) is 0 Å². The third kappa shape index (κ3) is 9.48. The number of nitrogens with two attached hydrogens (primary N) is 1. The highest BCUT2D eigenvalue weighted by Crippen LogP contribution is 2.34. The van der Waals surface area contributed by atoms with Crippen molar-refractivity contribution < 1.29 is 104 Å². The topological polar surface area (TPSA) is 372 Å². The lowest BCUT2D eigenvalue weighted by Crippen LogP contribution is -2.67. The number of hydrogen-bond acceptors (Lipinski definition) is 22. The van der Waals surface area contributed by atoms with Crippen LogP contribution in [-0.4, -0.2) is 230 Å². The van der Waals surface area contributed by atoms with Gasteiger partial charge in [0.15, 0.2) is 25.2 Å². The van der Waals surface area contributed by atoms with Gasteiger partial charge in [-0.15, -0.1) is 0 Å². The van der Waals surface area contributed by atoms with Crippen LogP contribution in [0.3, 0.4) is 0 Å². The van der Waals surface area contributed by atoms with E-state index in [1.54, 1.807) is 0 Å². The molecule has 0 unspecified atom stereocenters. The Bertz CT molecular complexity index is 1080. The zero-order valence-electron chi connectivity index (χ0n) is 27.4. The molecule has 0 bridgehead atoms. The summed E-state index contributed by atoms with van der Waals surface area (Å²) < 4.78 is 45.0. The minimum atomic E-state index is -2.04. The molecular formula is C28H50N2O21. The summed E-state index contributed by atoms with van der Waals surface area (Å²) in [6.45, 7) is -2.06. The molecule has 298 valence electrons. The van der Waals surface area contributed by atoms with E-state index in [1.807, 2.05) is 0 Å². The van der Waals surface area contributed by atoms with Crippen LogP contribution in [-0.2, 0) is 42.7 Å². The SMILES string of the molecule is CC(=O)N[C@H]1[C@@H](OC[C@H]2O[C@H](O[C@@H]3[C@@H](O[C@@H]4[C@H](OCCN)O[C@H](CO)[C@@H](O)[C@@H]4O)O[C@H](CO)[C@@H](O)[C@@H]3O)[C@@H](O)[C@@H](O)[C@@H]2O)O[C@H](CO)[C@@H](O)[C@@H]1O. The highest BCUT2D eigenvalue weighted by molar-refractivity contribution is 5.73. The summed E-state index contributed by atoms with van der Waals surface area (Å²) in [4.78, 5) is 11.8. The third-order valence-corrected chi connectivity index (χ3v) is 8.98. The van der Waals surface area contributed by atoms with Gasteiger partial charge in [-0.3, -0.25) is 4.79 Å². The van der Waals surface area contributed by atoms with Crippen molar-refractivity contribution in [2.24, 2.45) is 5.73 Å². The summed E-state index contributed by atoms with van der Waals surface area (Å²) in [5, 5.41) is 127. The molecule has 20 atom stereocenters. The van der Waals surface area contributed by atoms with Crippen LogP contribution in [0.25, 0.3) is 0 Å². The third-order valence-electron chi connectivity index (χ3n) is 8.98. The Morgan fingerprint density at radius 1 is 0.569 bits per heavy atom. The predicted octanol–water partition coefficient (Wildman–Crippen LogP) is -9.62. The van der Waals surface area contributed by atoms with Crippen LogP contribution in [0, 0.1) is 0 Å². The van der Waals surface area contributed by atoms with Gasteiger partial charge in [-0.2, -0.15) is 0 Å². The maximum atomic E-state index is 11.8. The lowest BCUT2D eigenvalue weighted by atomic mass is 9.96. The van der Waals surface area contributed by atoms with Crippen LogP contribution in [0.5, 0.6) is 0 Å². The van der Waals surface area contributed by atoms with E-state index in [0.29, 0.717) is 0 Å². The van der Waals surface area contributed by atoms with Gasteiger partial charge in [-0.05, 0) is 0 Å². The number of carbonyl (C=O) groups excluding carboxylic acids is 1. The molecule has 0 saturated carbocycles. The summed E-state index contributed by atoms with van der Waals surface area (Å²) in [6.07, 6.45) is -32.7. The number of aliphatic hydroxyl groups excluding tert-OH is 12. The average Bonchev–Trinajstić information content (AvgIpc) is 3.11. The Hall–Kier alpha value is -1.37. The summed E-state index contributed by atoms with van der Waals surface area (Å²) >= 11 is 0. The van der Waals surface area contributed by atoms with Crippen molar-refractivity contribution in [1.82, 2.24) is 5.32 Å². The van der Waals surface area contributed by atoms with Gasteiger partial charge in [0, 0.05) is 13.5 Å². The quantitative estimate of drug-likeness (QED) is 0.0783. The minimum absolute atomic E-state index is 0.0144. The van der Waals surface area contributed by atoms with Crippen molar-refractivity contribution in [1.29, 1.82) is 0 Å². The monoisotopic (exact) mass is 750 g/mol. The molecule has 4 saturated heterocycles. The average molecular weight is 751 g/mol. The zero-order valence-corrected chi connectivity index (χ0v) is 27.4. The largest absolute Gasteiger partial charge is 0.394 e. The zero-order chi connectivity index (χ0) is 37.7. The van der Waals surface area contributed by atoms with Crippen molar-refractivity contribution in [2.75, 3.05) is 39.6 Å². The summed E-state index contributed by atoms with van der Waals surface area (Å²) in [7, 11) is 0. The van der Waals surface area contributed by atoms with Gasteiger partial charge in [0.05, 0.1) is 33.0 Å². The number of aliphatic hydroxyl groups is 12. The minimum Gasteiger partial charge on any atom is -0.394 e. The second kappa shape index (κ2) is 18.8. The Kier molecular flexibility index (Phi) is 15.6. The molecule has 0 radical (unpaired) electrons. The van der Waals surface area contributed by atoms with Gasteiger partial charge in [-0.25, -0.2) is 0 Å². The molecule has 0 aliphatic carbocycles. The van der Waals surface area contributed by atoms with Crippen LogP contribution >= 0.6 is 0 Å². The van der Waals surface area contributed by atoms with E-state index < -0.39 is 155 Å². The fourth-order valence-electron chi connectivity index (χ4n) is 6.11. The van der Waals surface area contributed by atoms with Crippen molar-refractivity contribution in [3.8, 4) is 0 Å². The van der Waals surface area contributed by atoms with Crippen LogP contribution in [0.4, 0.5) is 0 Å². The highest BCUT2D eigenvalue weighted by atomic mass is 16.8. The van der Waals surface area contributed by atoms with Crippen LogP contribution in [0.2, 0.25) is 0 Å². The molecule has 4 fully saturated rings. The molecule has 4 rings (SSSR count). The van der Waals surface area contributed by atoms with Crippen molar-refractivity contribution in [3.63, 3.8) is 0 Å². The van der Waals surface area contributed by atoms with Crippen LogP contribution in [0.1, 0.15) is 6.92 Å². The number of amides is 1. The molecule has 4 aliphatic rings. The van der Waals surface area contributed by atoms with E-state index in [-0.39, 0.29) is 13.2 Å². The number of ether oxygens (including phenoxy) is 8. The van der Waals surface area contributed by atoms with Gasteiger partial charge in [-0.1, -0.05) is 0 Å². The first-order valence-corrected chi connectivity index (χ1v) is 16.3. The molecule has 1 amide bonds. The molecule has 23 nitrogen and oxygen atoms in total. The second-order valence-electron chi connectivity index (χ2n) is 12.6. The molecule has 4 heterocycles. The Balaban J connectivity index is 1.54. The molecule has 23 heteroatoms. The first-order valence-electron chi connectivity index (χ1n) is 16.3. The number of hydrogen-bond donors (Lipinski definition) is 14. The Morgan fingerprint density at radius 2 is 1.02 bits per heavy atom. The number of nitrogens with one attached hydrogen (secondary N) is 1. The van der Waals surface area contributed by atoms with E-state index in [2.05, 4.69) is 5.32 Å². The molecule has 0 spiro atoms. The maximum Gasteiger partial charge on any atom is 0.217 e. The molecule has 51 heavy (non-hydrogen) atoms. The van der Waals surface area contributed by atoms with E-state index >= 15 is 0 Å². The standard InChI is InChI=1S/C28H50N2O21/c1-8(34)30-13-18(39)14(35)9(4-31)46-25(13)45-7-12-17(38)19(40)22(43)26(49-12)50-24-21(42)16(37)11(6-33)48-28(24)51-23-20(41)15(36)10(5-32)47-27(23)44-3-2-29/h9-28,31-33,35-43H,2-7,29H2,1H3,(H,30,34)/t9-,10-,11-,12-,13-,14-,15-,16-,17-,18-,19+,20+,21+,22+,23+,24+,25+,26-,27-,28-/m1/s1. The van der Waals surface area contributed by atoms with E-state index in [4.69, 9.17) is 43.6 Å². The van der Waals surface area contributed by atoms with Crippen LogP contribution in [0.15, 0.2) is 0 Å². The molecule has 0 aromatic rings. The fraction of sp³-hybridized carbons (Fsp3) is 0.964. The normalized spacial score (nSPS) is 48.0. The van der Waals surface area contributed by atoms with Crippen molar-refractivity contribution in [2.45, 2.75) is 130 Å². The molecule has 4 aliphatic heterocycles. The molecule has 0 aromatic heterocycles. The van der Waals surface area contributed by atoms with Gasteiger partial charge < -0.3 is 110 Å². The first kappa shape index (κ1) is 42.4. The summed E-state index contributed by atoms with van der Waals surface area (Å²) in [5.74, 6) is -0.644. The van der Waals surface area contributed by atoms with E-state index in [1.165, 1.54) is 0 Å². The van der Waals surface area contributed by atoms with Crippen molar-refractivity contribution in [3.05, 3.63) is 0 Å². The second-order valence-corrected chi connectivity index (χ2v) is 12.6. The summed E-state index contributed by atoms with van der Waals surface area (Å²) in [5.41, 5.74) is 5.50. The predicted molar refractivity (Wildman–Crippen MR) is 158 cm³/mol. The van der Waals surface area contributed by atoms with Gasteiger partial charge >= 0.3 is 0 Å². The Morgan fingerprint density at radius 3 is 1.55 bits per heavy atom. The van der Waals surface area contributed by atoms with Gasteiger partial charge in [0.2, 0.25) is 5.91 Å². The lowest BCUT2D eigenvalue weighted by Gasteiger charge is -2.48.